The molecule has 1 N–H and O–H groups in total. The highest BCUT2D eigenvalue weighted by Crippen LogP contribution is 2.32. The first-order chi connectivity index (χ1) is 11.2. The Hall–Kier alpha value is -1.77. The molecular weight excluding hydrogens is 434 g/mol. The molecule has 2 aromatic rings. The van der Waals surface area contributed by atoms with Crippen LogP contribution in [0.25, 0.3) is 0 Å². The van der Waals surface area contributed by atoms with Crippen molar-refractivity contribution in [1.82, 2.24) is 0 Å². The molecule has 2 aromatic carbocycles. The number of nitrogens with one attached hydrogen (secondary N) is 1. The number of rotatable bonds is 4. The standard InChI is InChI=1S/C17H15F3INO2/c1-10-4-3-5-13(8-10)24-11(2)16(23)22-15-9-12(17(18,19)20)6-7-14(15)21/h3-9,11H,1-2H3,(H,22,23). The molecule has 7 heteroatoms. The number of ether oxygens (including phenoxy) is 1. The number of amides is 1. The van der Waals surface area contributed by atoms with Crippen molar-refractivity contribution in [2.24, 2.45) is 0 Å². The van der Waals surface area contributed by atoms with Gasteiger partial charge in [0.1, 0.15) is 5.75 Å². The third-order valence-electron chi connectivity index (χ3n) is 3.22. The van der Waals surface area contributed by atoms with Crippen molar-refractivity contribution >= 4 is 34.2 Å². The second-order valence-electron chi connectivity index (χ2n) is 5.26. The van der Waals surface area contributed by atoms with Crippen LogP contribution in [0.4, 0.5) is 18.9 Å². The van der Waals surface area contributed by atoms with E-state index < -0.39 is 23.8 Å². The van der Waals surface area contributed by atoms with Crippen LogP contribution in [0.1, 0.15) is 18.1 Å². The van der Waals surface area contributed by atoms with Crippen LogP contribution in [0.2, 0.25) is 0 Å². The summed E-state index contributed by atoms with van der Waals surface area (Å²) in [6, 6.07) is 10.4. The first-order valence-corrected chi connectivity index (χ1v) is 8.15. The fraction of sp³-hybridized carbons (Fsp3) is 0.235. The van der Waals surface area contributed by atoms with Gasteiger partial charge in [-0.15, -0.1) is 0 Å². The van der Waals surface area contributed by atoms with Gasteiger partial charge in [0, 0.05) is 3.57 Å². The van der Waals surface area contributed by atoms with Gasteiger partial charge in [0.25, 0.3) is 5.91 Å². The molecule has 0 aliphatic carbocycles. The van der Waals surface area contributed by atoms with E-state index in [1.165, 1.54) is 13.0 Å². The molecule has 1 atom stereocenters. The number of hydrogen-bond donors (Lipinski definition) is 1. The van der Waals surface area contributed by atoms with Crippen LogP contribution < -0.4 is 10.1 Å². The lowest BCUT2D eigenvalue weighted by Crippen LogP contribution is -2.30. The maximum Gasteiger partial charge on any atom is 0.416 e. The maximum absolute atomic E-state index is 12.8. The summed E-state index contributed by atoms with van der Waals surface area (Å²) in [5, 5.41) is 2.49. The second kappa shape index (κ2) is 7.42. The molecule has 2 rings (SSSR count). The number of halogens is 4. The normalized spacial score (nSPS) is 12.6. The molecular formula is C17H15F3INO2. The number of alkyl halides is 3. The van der Waals surface area contributed by atoms with Gasteiger partial charge in [-0.05, 0) is 72.3 Å². The summed E-state index contributed by atoms with van der Waals surface area (Å²) in [6.07, 6.45) is -5.31. The van der Waals surface area contributed by atoms with Crippen molar-refractivity contribution in [2.45, 2.75) is 26.1 Å². The van der Waals surface area contributed by atoms with E-state index in [9.17, 15) is 18.0 Å². The van der Waals surface area contributed by atoms with E-state index in [1.807, 2.05) is 35.6 Å². The summed E-state index contributed by atoms with van der Waals surface area (Å²) in [5.41, 5.74) is 0.271. The van der Waals surface area contributed by atoms with Crippen LogP contribution in [0, 0.1) is 10.5 Å². The summed E-state index contributed by atoms with van der Waals surface area (Å²) in [7, 11) is 0. The molecule has 3 nitrogen and oxygen atoms in total. The van der Waals surface area contributed by atoms with Crippen molar-refractivity contribution in [3.8, 4) is 5.75 Å². The molecule has 0 saturated heterocycles. The van der Waals surface area contributed by atoms with Gasteiger partial charge in [-0.1, -0.05) is 12.1 Å². The molecule has 0 radical (unpaired) electrons. The van der Waals surface area contributed by atoms with E-state index in [4.69, 9.17) is 4.74 Å². The highest BCUT2D eigenvalue weighted by Gasteiger charge is 2.31. The predicted octanol–water partition coefficient (Wildman–Crippen LogP) is 5.02. The molecule has 0 heterocycles. The Bertz CT molecular complexity index is 747. The van der Waals surface area contributed by atoms with Crippen LogP contribution in [0.3, 0.4) is 0 Å². The number of carbonyl (C=O) groups is 1. The van der Waals surface area contributed by atoms with Gasteiger partial charge in [0.05, 0.1) is 11.3 Å². The number of benzene rings is 2. The van der Waals surface area contributed by atoms with E-state index in [1.54, 1.807) is 18.2 Å². The van der Waals surface area contributed by atoms with E-state index >= 15 is 0 Å². The van der Waals surface area contributed by atoms with E-state index in [0.717, 1.165) is 17.7 Å². The van der Waals surface area contributed by atoms with Crippen molar-refractivity contribution in [1.29, 1.82) is 0 Å². The van der Waals surface area contributed by atoms with E-state index in [2.05, 4.69) is 5.32 Å². The highest BCUT2D eigenvalue weighted by atomic mass is 127. The van der Waals surface area contributed by atoms with Gasteiger partial charge in [0.2, 0.25) is 0 Å². The van der Waals surface area contributed by atoms with Crippen molar-refractivity contribution in [3.63, 3.8) is 0 Å². The quantitative estimate of drug-likeness (QED) is 0.666. The number of aryl methyl sites for hydroxylation is 1. The summed E-state index contributed by atoms with van der Waals surface area (Å²) in [4.78, 5) is 12.2. The fourth-order valence-corrected chi connectivity index (χ4v) is 2.45. The topological polar surface area (TPSA) is 38.3 Å². The average Bonchev–Trinajstić information content (AvgIpc) is 2.48. The lowest BCUT2D eigenvalue weighted by Gasteiger charge is -2.16. The Balaban J connectivity index is 2.11. The molecule has 128 valence electrons. The molecule has 0 bridgehead atoms. The van der Waals surface area contributed by atoms with Gasteiger partial charge in [-0.25, -0.2) is 0 Å². The monoisotopic (exact) mass is 449 g/mol. The Morgan fingerprint density at radius 1 is 1.21 bits per heavy atom. The lowest BCUT2D eigenvalue weighted by atomic mass is 10.2. The summed E-state index contributed by atoms with van der Waals surface area (Å²) in [5.74, 6) is 0.00476. The summed E-state index contributed by atoms with van der Waals surface area (Å²) >= 11 is 1.87. The van der Waals surface area contributed by atoms with Crippen LogP contribution in [0.5, 0.6) is 5.75 Å². The van der Waals surface area contributed by atoms with Crippen LogP contribution >= 0.6 is 22.6 Å². The van der Waals surface area contributed by atoms with Gasteiger partial charge in [-0.3, -0.25) is 4.79 Å². The Morgan fingerprint density at radius 3 is 2.54 bits per heavy atom. The van der Waals surface area contributed by atoms with Gasteiger partial charge < -0.3 is 10.1 Å². The minimum absolute atomic E-state index is 0.107. The smallest absolute Gasteiger partial charge is 0.416 e. The van der Waals surface area contributed by atoms with Gasteiger partial charge in [0.15, 0.2) is 6.10 Å². The Labute approximate surface area is 151 Å². The zero-order valence-corrected chi connectivity index (χ0v) is 15.1. The number of anilines is 1. The molecule has 1 amide bonds. The average molecular weight is 449 g/mol. The molecule has 0 saturated carbocycles. The van der Waals surface area contributed by atoms with Crippen LogP contribution in [-0.2, 0) is 11.0 Å². The molecule has 0 fully saturated rings. The maximum atomic E-state index is 12.8. The second-order valence-corrected chi connectivity index (χ2v) is 6.42. The predicted molar refractivity (Wildman–Crippen MR) is 94.1 cm³/mol. The zero-order valence-electron chi connectivity index (χ0n) is 12.9. The largest absolute Gasteiger partial charge is 0.481 e. The summed E-state index contributed by atoms with van der Waals surface area (Å²) < 4.78 is 44.4. The molecule has 0 aromatic heterocycles. The Morgan fingerprint density at radius 2 is 1.92 bits per heavy atom. The minimum Gasteiger partial charge on any atom is -0.481 e. The fourth-order valence-electron chi connectivity index (χ4n) is 1.98. The molecule has 24 heavy (non-hydrogen) atoms. The molecule has 0 aliphatic rings. The van der Waals surface area contributed by atoms with Gasteiger partial charge in [-0.2, -0.15) is 13.2 Å². The minimum atomic E-state index is -4.46. The van der Waals surface area contributed by atoms with Crippen LogP contribution in [-0.4, -0.2) is 12.0 Å². The van der Waals surface area contributed by atoms with E-state index in [-0.39, 0.29) is 5.69 Å². The third-order valence-corrected chi connectivity index (χ3v) is 4.16. The van der Waals surface area contributed by atoms with Crippen molar-refractivity contribution in [3.05, 3.63) is 57.2 Å². The molecule has 0 aliphatic heterocycles. The molecule has 1 unspecified atom stereocenters. The molecule has 0 spiro atoms. The first kappa shape index (κ1) is 18.6. The van der Waals surface area contributed by atoms with Crippen LogP contribution in [0.15, 0.2) is 42.5 Å². The summed E-state index contributed by atoms with van der Waals surface area (Å²) in [6.45, 7) is 3.43. The third kappa shape index (κ3) is 4.86. The van der Waals surface area contributed by atoms with Crippen molar-refractivity contribution in [2.75, 3.05) is 5.32 Å². The van der Waals surface area contributed by atoms with Gasteiger partial charge >= 0.3 is 6.18 Å². The Kier molecular flexibility index (Phi) is 5.74. The zero-order chi connectivity index (χ0) is 17.9. The van der Waals surface area contributed by atoms with E-state index in [0.29, 0.717) is 9.32 Å². The SMILES string of the molecule is Cc1cccc(OC(C)C(=O)Nc2cc(C(F)(F)F)ccc2I)c1. The van der Waals surface area contributed by atoms with Crippen molar-refractivity contribution < 1.29 is 22.7 Å². The lowest BCUT2D eigenvalue weighted by molar-refractivity contribution is -0.137. The first-order valence-electron chi connectivity index (χ1n) is 7.08. The highest BCUT2D eigenvalue weighted by molar-refractivity contribution is 14.1. The number of hydrogen-bond acceptors (Lipinski definition) is 2. The number of carbonyl (C=O) groups excluding carboxylic acids is 1.